The fraction of sp³-hybridized carbons (Fsp3) is 0.556. The van der Waals surface area contributed by atoms with Crippen molar-refractivity contribution in [2.24, 2.45) is 10.8 Å². The lowest BCUT2D eigenvalue weighted by atomic mass is 9.72. The van der Waals surface area contributed by atoms with E-state index in [1.54, 1.807) is 0 Å². The van der Waals surface area contributed by atoms with Gasteiger partial charge in [-0.05, 0) is 35.8 Å². The van der Waals surface area contributed by atoms with Gasteiger partial charge >= 0.3 is 0 Å². The average Bonchev–Trinajstić information content (AvgIpc) is 3.10. The zero-order valence-electron chi connectivity index (χ0n) is 19.7. The molecule has 0 radical (unpaired) electrons. The van der Waals surface area contributed by atoms with Crippen LogP contribution in [0, 0.1) is 10.8 Å². The fourth-order valence-electron chi connectivity index (χ4n) is 5.24. The molecular formula is C27H40N2. The zero-order chi connectivity index (χ0) is 21.4. The van der Waals surface area contributed by atoms with E-state index in [-0.39, 0.29) is 10.8 Å². The molecule has 4 atom stereocenters. The lowest BCUT2D eigenvalue weighted by Gasteiger charge is -2.46. The minimum atomic E-state index is 0.187. The summed E-state index contributed by atoms with van der Waals surface area (Å²) in [7, 11) is 0. The average molecular weight is 393 g/mol. The Hall–Kier alpha value is -1.64. The van der Waals surface area contributed by atoms with E-state index >= 15 is 0 Å². The summed E-state index contributed by atoms with van der Waals surface area (Å²) in [5.41, 5.74) is 3.19. The Bertz CT molecular complexity index is 702. The molecule has 1 heterocycles. The minimum absolute atomic E-state index is 0.187. The van der Waals surface area contributed by atoms with Crippen LogP contribution in [0.2, 0.25) is 0 Å². The predicted molar refractivity (Wildman–Crippen MR) is 125 cm³/mol. The van der Waals surface area contributed by atoms with Crippen LogP contribution in [0.15, 0.2) is 60.7 Å². The molecule has 2 heteroatoms. The fourth-order valence-corrected chi connectivity index (χ4v) is 5.24. The Labute approximate surface area is 178 Å². The van der Waals surface area contributed by atoms with Gasteiger partial charge in [-0.15, -0.1) is 0 Å². The maximum absolute atomic E-state index is 2.75. The third-order valence-electron chi connectivity index (χ3n) is 6.67. The Morgan fingerprint density at radius 2 is 0.931 bits per heavy atom. The van der Waals surface area contributed by atoms with Crippen LogP contribution >= 0.6 is 0 Å². The smallest absolute Gasteiger partial charge is 0.0524 e. The lowest BCUT2D eigenvalue weighted by molar-refractivity contribution is 0.0537. The molecule has 1 aliphatic rings. The largest absolute Gasteiger partial charge is 0.279 e. The van der Waals surface area contributed by atoms with E-state index < -0.39 is 0 Å². The molecule has 3 rings (SSSR count). The minimum Gasteiger partial charge on any atom is -0.279 e. The van der Waals surface area contributed by atoms with Crippen molar-refractivity contribution >= 4 is 0 Å². The normalized spacial score (nSPS) is 23.9. The highest BCUT2D eigenvalue weighted by Crippen LogP contribution is 2.47. The van der Waals surface area contributed by atoms with Gasteiger partial charge < -0.3 is 0 Å². The summed E-state index contributed by atoms with van der Waals surface area (Å²) in [4.78, 5) is 5.51. The third kappa shape index (κ3) is 4.59. The first kappa shape index (κ1) is 22.1. The molecular weight excluding hydrogens is 352 g/mol. The Kier molecular flexibility index (Phi) is 6.27. The summed E-state index contributed by atoms with van der Waals surface area (Å²) < 4.78 is 0. The molecule has 158 valence electrons. The molecule has 0 bridgehead atoms. The highest BCUT2D eigenvalue weighted by molar-refractivity contribution is 5.23. The van der Waals surface area contributed by atoms with Gasteiger partial charge in [-0.25, -0.2) is 0 Å². The molecule has 0 N–H and O–H groups in total. The van der Waals surface area contributed by atoms with Gasteiger partial charge in [0.25, 0.3) is 0 Å². The summed E-state index contributed by atoms with van der Waals surface area (Å²) in [6.07, 6.45) is 0. The van der Waals surface area contributed by atoms with Crippen molar-refractivity contribution in [1.82, 2.24) is 9.80 Å². The van der Waals surface area contributed by atoms with Gasteiger partial charge in [0, 0.05) is 24.2 Å². The Balaban J connectivity index is 2.05. The summed E-state index contributed by atoms with van der Waals surface area (Å²) in [5, 5.41) is 0. The van der Waals surface area contributed by atoms with E-state index in [2.05, 4.69) is 126 Å². The first-order chi connectivity index (χ1) is 13.5. The molecule has 2 aromatic rings. The number of benzene rings is 2. The second-order valence-electron chi connectivity index (χ2n) is 11.0. The van der Waals surface area contributed by atoms with Gasteiger partial charge in [0.1, 0.15) is 0 Å². The summed E-state index contributed by atoms with van der Waals surface area (Å²) in [5.74, 6) is 0. The molecule has 2 aromatic carbocycles. The van der Waals surface area contributed by atoms with E-state index in [1.807, 2.05) is 0 Å². The third-order valence-corrected chi connectivity index (χ3v) is 6.67. The van der Waals surface area contributed by atoms with Gasteiger partial charge in [0.15, 0.2) is 0 Å². The molecule has 0 spiro atoms. The first-order valence-electron chi connectivity index (χ1n) is 11.1. The summed E-state index contributed by atoms with van der Waals surface area (Å²) in [6, 6.07) is 23.7. The van der Waals surface area contributed by atoms with Crippen molar-refractivity contribution in [2.45, 2.75) is 79.6 Å². The predicted octanol–water partition coefficient (Wildman–Crippen LogP) is 6.91. The van der Waals surface area contributed by atoms with Gasteiger partial charge in [0.2, 0.25) is 0 Å². The van der Waals surface area contributed by atoms with Gasteiger partial charge in [-0.1, -0.05) is 102 Å². The van der Waals surface area contributed by atoms with E-state index in [0.29, 0.717) is 24.2 Å². The molecule has 0 aromatic heterocycles. The van der Waals surface area contributed by atoms with E-state index in [0.717, 1.165) is 6.67 Å². The first-order valence-corrected chi connectivity index (χ1v) is 11.1. The molecule has 2 nitrogen and oxygen atoms in total. The van der Waals surface area contributed by atoms with Crippen LogP contribution < -0.4 is 0 Å². The van der Waals surface area contributed by atoms with Crippen molar-refractivity contribution in [3.63, 3.8) is 0 Å². The SMILES string of the molecule is C[C@@H](c1ccccc1)N1CN([C@@H](C)c2ccccc2)[C@H](C(C)(C)C)[C@H]1C(C)(C)C. The summed E-state index contributed by atoms with van der Waals surface area (Å²) in [6.45, 7) is 20.2. The number of hydrogen-bond acceptors (Lipinski definition) is 2. The highest BCUT2D eigenvalue weighted by Gasteiger charge is 2.52. The van der Waals surface area contributed by atoms with Crippen LogP contribution in [0.5, 0.6) is 0 Å². The van der Waals surface area contributed by atoms with Crippen LogP contribution in [0.3, 0.4) is 0 Å². The Morgan fingerprint density at radius 1 is 0.621 bits per heavy atom. The molecule has 0 amide bonds. The van der Waals surface area contributed by atoms with Crippen LogP contribution in [0.4, 0.5) is 0 Å². The molecule has 1 fully saturated rings. The van der Waals surface area contributed by atoms with E-state index in [4.69, 9.17) is 0 Å². The van der Waals surface area contributed by atoms with Crippen LogP contribution in [0.1, 0.15) is 78.6 Å². The molecule has 0 unspecified atom stereocenters. The standard InChI is InChI=1S/C27H40N2/c1-20(22-15-11-9-12-16-22)28-19-29(21(2)23-17-13-10-14-18-23)25(27(6,7)8)24(28)26(3,4)5/h9-18,20-21,24-25H,19H2,1-8H3/t20-,21-,24-,25-/m0/s1. The monoisotopic (exact) mass is 392 g/mol. The molecule has 29 heavy (non-hydrogen) atoms. The van der Waals surface area contributed by atoms with E-state index in [1.165, 1.54) is 11.1 Å². The second-order valence-corrected chi connectivity index (χ2v) is 11.0. The van der Waals surface area contributed by atoms with Gasteiger partial charge in [-0.3, -0.25) is 9.80 Å². The van der Waals surface area contributed by atoms with Crippen LogP contribution in [0.25, 0.3) is 0 Å². The zero-order valence-corrected chi connectivity index (χ0v) is 19.7. The van der Waals surface area contributed by atoms with Crippen LogP contribution in [-0.2, 0) is 0 Å². The Morgan fingerprint density at radius 3 is 1.21 bits per heavy atom. The van der Waals surface area contributed by atoms with Gasteiger partial charge in [-0.2, -0.15) is 0 Å². The van der Waals surface area contributed by atoms with E-state index in [9.17, 15) is 0 Å². The van der Waals surface area contributed by atoms with Crippen molar-refractivity contribution < 1.29 is 0 Å². The molecule has 1 aliphatic heterocycles. The molecule has 0 aliphatic carbocycles. The second kappa shape index (κ2) is 8.24. The molecule has 0 saturated carbocycles. The van der Waals surface area contributed by atoms with Crippen LogP contribution in [-0.4, -0.2) is 28.6 Å². The lowest BCUT2D eigenvalue weighted by Crippen LogP contribution is -2.52. The number of hydrogen-bond donors (Lipinski definition) is 0. The topological polar surface area (TPSA) is 6.48 Å². The highest BCUT2D eigenvalue weighted by atomic mass is 15.4. The quantitative estimate of drug-likeness (QED) is 0.557. The maximum atomic E-state index is 2.75. The summed E-state index contributed by atoms with van der Waals surface area (Å²) >= 11 is 0. The van der Waals surface area contributed by atoms with Gasteiger partial charge in [0.05, 0.1) is 6.67 Å². The number of rotatable bonds is 4. The van der Waals surface area contributed by atoms with Crippen molar-refractivity contribution in [3.05, 3.63) is 71.8 Å². The maximum Gasteiger partial charge on any atom is 0.0524 e. The molecule has 1 saturated heterocycles. The van der Waals surface area contributed by atoms with Crippen molar-refractivity contribution in [3.8, 4) is 0 Å². The number of nitrogens with zero attached hydrogens (tertiary/aromatic N) is 2. The van der Waals surface area contributed by atoms with Crippen molar-refractivity contribution in [1.29, 1.82) is 0 Å². The van der Waals surface area contributed by atoms with Crippen molar-refractivity contribution in [2.75, 3.05) is 6.67 Å².